The van der Waals surface area contributed by atoms with E-state index in [1.165, 1.54) is 38.4 Å². The maximum Gasteiger partial charge on any atom is 0.155 e. The van der Waals surface area contributed by atoms with Gasteiger partial charge in [0.2, 0.25) is 0 Å². The molecule has 1 saturated carbocycles. The Morgan fingerprint density at radius 2 is 1.78 bits per heavy atom. The molecular formula is C18H21N5. The zero-order valence-corrected chi connectivity index (χ0v) is 13.2. The molecule has 1 aliphatic carbocycles. The average molecular weight is 307 g/mol. The Kier molecular flexibility index (Phi) is 3.92. The molecule has 0 unspecified atom stereocenters. The first-order valence-electron chi connectivity index (χ1n) is 8.37. The third-order valence-electron chi connectivity index (χ3n) is 4.73. The van der Waals surface area contributed by atoms with Gasteiger partial charge in [-0.15, -0.1) is 0 Å². The lowest BCUT2D eigenvalue weighted by molar-refractivity contribution is 0.320. The van der Waals surface area contributed by atoms with Crippen molar-refractivity contribution in [3.63, 3.8) is 0 Å². The zero-order valence-electron chi connectivity index (χ0n) is 13.2. The maximum absolute atomic E-state index is 4.57. The molecule has 4 rings (SSSR count). The highest BCUT2D eigenvalue weighted by atomic mass is 15.2. The molecule has 0 saturated heterocycles. The molecule has 118 valence electrons. The van der Waals surface area contributed by atoms with E-state index in [0.29, 0.717) is 0 Å². The van der Waals surface area contributed by atoms with E-state index in [4.69, 9.17) is 0 Å². The van der Waals surface area contributed by atoms with Crippen molar-refractivity contribution in [1.29, 1.82) is 0 Å². The Balaban J connectivity index is 1.55. The largest absolute Gasteiger partial charge is 0.331 e. The molecule has 0 spiro atoms. The van der Waals surface area contributed by atoms with Crippen molar-refractivity contribution in [2.75, 3.05) is 0 Å². The number of nitrogens with zero attached hydrogens (tertiary/aromatic N) is 4. The predicted octanol–water partition coefficient (Wildman–Crippen LogP) is 3.92. The van der Waals surface area contributed by atoms with Crippen LogP contribution in [0.3, 0.4) is 0 Å². The molecular weight excluding hydrogens is 286 g/mol. The molecule has 5 heteroatoms. The smallest absolute Gasteiger partial charge is 0.155 e. The zero-order chi connectivity index (χ0) is 15.5. The number of H-pyrrole nitrogens is 1. The normalized spacial score (nSPS) is 15.8. The molecule has 1 aliphatic rings. The number of benzene rings is 1. The van der Waals surface area contributed by atoms with Crippen molar-refractivity contribution >= 4 is 0 Å². The number of hydrogen-bond donors (Lipinski definition) is 1. The summed E-state index contributed by atoms with van der Waals surface area (Å²) in [5.74, 6) is 2.65. The quantitative estimate of drug-likeness (QED) is 0.795. The first-order valence-corrected chi connectivity index (χ1v) is 8.37. The molecule has 2 aromatic heterocycles. The monoisotopic (exact) mass is 307 g/mol. The number of nitrogens with one attached hydrogen (secondary N) is 1. The van der Waals surface area contributed by atoms with Crippen LogP contribution in [0.25, 0.3) is 22.8 Å². The molecule has 1 fully saturated rings. The highest BCUT2D eigenvalue weighted by Crippen LogP contribution is 2.27. The highest BCUT2D eigenvalue weighted by Gasteiger charge is 2.16. The first-order chi connectivity index (χ1) is 11.4. The van der Waals surface area contributed by atoms with E-state index in [9.17, 15) is 0 Å². The minimum atomic E-state index is 0.794. The summed E-state index contributed by atoms with van der Waals surface area (Å²) in [6.45, 7) is 1.08. The fourth-order valence-corrected chi connectivity index (χ4v) is 3.49. The van der Waals surface area contributed by atoms with Crippen LogP contribution < -0.4 is 0 Å². The van der Waals surface area contributed by atoms with Crippen LogP contribution in [0.2, 0.25) is 0 Å². The summed E-state index contributed by atoms with van der Waals surface area (Å²) in [5, 5.41) is 6.79. The summed E-state index contributed by atoms with van der Waals surface area (Å²) in [7, 11) is 0. The van der Waals surface area contributed by atoms with Gasteiger partial charge in [0.25, 0.3) is 0 Å². The van der Waals surface area contributed by atoms with E-state index < -0.39 is 0 Å². The summed E-state index contributed by atoms with van der Waals surface area (Å²) < 4.78 is 2.31. The fourth-order valence-electron chi connectivity index (χ4n) is 3.49. The number of aromatic nitrogens is 5. The van der Waals surface area contributed by atoms with E-state index in [2.05, 4.69) is 55.2 Å². The predicted molar refractivity (Wildman–Crippen MR) is 89.6 cm³/mol. The number of hydrogen-bond acceptors (Lipinski definition) is 3. The van der Waals surface area contributed by atoms with E-state index in [1.54, 1.807) is 0 Å². The number of aromatic amines is 1. The van der Waals surface area contributed by atoms with Crippen LogP contribution in [0.15, 0.2) is 43.0 Å². The highest BCUT2D eigenvalue weighted by molar-refractivity contribution is 5.63. The lowest BCUT2D eigenvalue weighted by Crippen LogP contribution is -2.14. The maximum atomic E-state index is 4.57. The van der Waals surface area contributed by atoms with Gasteiger partial charge in [0.15, 0.2) is 5.82 Å². The summed E-state index contributed by atoms with van der Waals surface area (Å²) in [6.07, 6.45) is 12.4. The molecule has 0 radical (unpaired) electrons. The lowest BCUT2D eigenvalue weighted by atomic mass is 9.89. The third-order valence-corrected chi connectivity index (χ3v) is 4.73. The number of rotatable bonds is 4. The van der Waals surface area contributed by atoms with Gasteiger partial charge in [0.1, 0.15) is 12.2 Å². The molecule has 1 N–H and O–H groups in total. The Morgan fingerprint density at radius 1 is 1.00 bits per heavy atom. The first kappa shape index (κ1) is 14.2. The SMILES string of the molecule is c1n[nH]c(-c2ccc(-c3nccn3CC3CCCCC3)cc2)n1. The van der Waals surface area contributed by atoms with Crippen LogP contribution in [-0.4, -0.2) is 24.7 Å². The molecule has 0 aliphatic heterocycles. The molecule has 2 heterocycles. The summed E-state index contributed by atoms with van der Waals surface area (Å²) in [4.78, 5) is 8.76. The minimum Gasteiger partial charge on any atom is -0.331 e. The second kappa shape index (κ2) is 6.36. The molecule has 5 nitrogen and oxygen atoms in total. The van der Waals surface area contributed by atoms with Gasteiger partial charge in [-0.1, -0.05) is 43.5 Å². The van der Waals surface area contributed by atoms with Gasteiger partial charge in [0.05, 0.1) is 0 Å². The Labute approximate surface area is 135 Å². The van der Waals surface area contributed by atoms with E-state index in [0.717, 1.165) is 35.2 Å². The second-order valence-corrected chi connectivity index (χ2v) is 6.32. The van der Waals surface area contributed by atoms with Gasteiger partial charge in [-0.2, -0.15) is 5.10 Å². The molecule has 3 aromatic rings. The average Bonchev–Trinajstić information content (AvgIpc) is 3.28. The molecule has 1 aromatic carbocycles. The van der Waals surface area contributed by atoms with Crippen LogP contribution in [-0.2, 0) is 6.54 Å². The second-order valence-electron chi connectivity index (χ2n) is 6.32. The van der Waals surface area contributed by atoms with E-state index in [-0.39, 0.29) is 0 Å². The van der Waals surface area contributed by atoms with Crippen LogP contribution in [0, 0.1) is 5.92 Å². The van der Waals surface area contributed by atoms with E-state index >= 15 is 0 Å². The van der Waals surface area contributed by atoms with Gasteiger partial charge >= 0.3 is 0 Å². The van der Waals surface area contributed by atoms with Crippen LogP contribution >= 0.6 is 0 Å². The van der Waals surface area contributed by atoms with Crippen molar-refractivity contribution in [1.82, 2.24) is 24.7 Å². The Morgan fingerprint density at radius 3 is 2.52 bits per heavy atom. The molecule has 0 atom stereocenters. The van der Waals surface area contributed by atoms with Gasteiger partial charge in [-0.25, -0.2) is 9.97 Å². The summed E-state index contributed by atoms with van der Waals surface area (Å²) in [5.41, 5.74) is 2.19. The molecule has 23 heavy (non-hydrogen) atoms. The van der Waals surface area contributed by atoms with Gasteiger partial charge in [-0.3, -0.25) is 5.10 Å². The number of imidazole rings is 1. The van der Waals surface area contributed by atoms with Crippen molar-refractivity contribution in [3.8, 4) is 22.8 Å². The van der Waals surface area contributed by atoms with Crippen molar-refractivity contribution in [2.24, 2.45) is 5.92 Å². The van der Waals surface area contributed by atoms with Gasteiger partial charge in [0, 0.05) is 30.1 Å². The standard InChI is InChI=1S/C18H21N5/c1-2-4-14(5-3-1)12-23-11-10-19-18(23)16-8-6-15(7-9-16)17-20-13-21-22-17/h6-11,13-14H,1-5,12H2,(H,20,21,22). The summed E-state index contributed by atoms with van der Waals surface area (Å²) in [6, 6.07) is 8.35. The van der Waals surface area contributed by atoms with Gasteiger partial charge < -0.3 is 4.57 Å². The fraction of sp³-hybridized carbons (Fsp3) is 0.389. The Bertz CT molecular complexity index is 736. The van der Waals surface area contributed by atoms with Crippen LogP contribution in [0.1, 0.15) is 32.1 Å². The van der Waals surface area contributed by atoms with Crippen molar-refractivity contribution in [2.45, 2.75) is 38.6 Å². The van der Waals surface area contributed by atoms with Crippen LogP contribution in [0.4, 0.5) is 0 Å². The molecule has 0 bridgehead atoms. The topological polar surface area (TPSA) is 59.4 Å². The summed E-state index contributed by atoms with van der Waals surface area (Å²) >= 11 is 0. The van der Waals surface area contributed by atoms with Crippen molar-refractivity contribution in [3.05, 3.63) is 43.0 Å². The van der Waals surface area contributed by atoms with Crippen LogP contribution in [0.5, 0.6) is 0 Å². The third kappa shape index (κ3) is 3.04. The molecule has 0 amide bonds. The van der Waals surface area contributed by atoms with Crippen molar-refractivity contribution < 1.29 is 0 Å². The minimum absolute atomic E-state index is 0.794. The Hall–Kier alpha value is -2.43. The van der Waals surface area contributed by atoms with Gasteiger partial charge in [-0.05, 0) is 18.8 Å². The van der Waals surface area contributed by atoms with E-state index in [1.807, 2.05) is 6.20 Å². The lowest BCUT2D eigenvalue weighted by Gasteiger charge is -2.22.